The van der Waals surface area contributed by atoms with Crippen LogP contribution in [0.2, 0.25) is 0 Å². The third kappa shape index (κ3) is 2.99. The average molecular weight is 270 g/mol. The SMILES string of the molecule is Cc1[nH]cnc1CNc1cccc(C(=O)NC2CC2)c1. The highest BCUT2D eigenvalue weighted by Crippen LogP contribution is 2.20. The molecule has 0 bridgehead atoms. The van der Waals surface area contributed by atoms with Crippen molar-refractivity contribution < 1.29 is 4.79 Å². The van der Waals surface area contributed by atoms with Crippen LogP contribution in [0.1, 0.15) is 34.6 Å². The summed E-state index contributed by atoms with van der Waals surface area (Å²) in [6.07, 6.45) is 3.89. The summed E-state index contributed by atoms with van der Waals surface area (Å²) in [5.41, 5.74) is 3.66. The molecule has 1 aliphatic rings. The molecule has 3 rings (SSSR count). The number of hydrogen-bond donors (Lipinski definition) is 3. The van der Waals surface area contributed by atoms with E-state index in [4.69, 9.17) is 0 Å². The lowest BCUT2D eigenvalue weighted by Gasteiger charge is -2.08. The van der Waals surface area contributed by atoms with E-state index in [9.17, 15) is 4.79 Å². The predicted molar refractivity (Wildman–Crippen MR) is 77.6 cm³/mol. The van der Waals surface area contributed by atoms with Gasteiger partial charge in [-0.3, -0.25) is 4.79 Å². The second kappa shape index (κ2) is 5.36. The van der Waals surface area contributed by atoms with Gasteiger partial charge in [0.1, 0.15) is 0 Å². The molecule has 0 unspecified atom stereocenters. The molecule has 0 atom stereocenters. The fourth-order valence-electron chi connectivity index (χ4n) is 2.02. The van der Waals surface area contributed by atoms with E-state index in [2.05, 4.69) is 20.6 Å². The van der Waals surface area contributed by atoms with E-state index in [0.29, 0.717) is 18.2 Å². The van der Waals surface area contributed by atoms with Gasteiger partial charge in [0.05, 0.1) is 18.6 Å². The number of aryl methyl sites for hydroxylation is 1. The van der Waals surface area contributed by atoms with Crippen molar-refractivity contribution in [1.29, 1.82) is 0 Å². The van der Waals surface area contributed by atoms with Gasteiger partial charge < -0.3 is 15.6 Å². The predicted octanol–water partition coefficient (Wildman–Crippen LogP) is 2.22. The number of H-pyrrole nitrogens is 1. The first-order chi connectivity index (χ1) is 9.72. The zero-order valence-corrected chi connectivity index (χ0v) is 11.4. The van der Waals surface area contributed by atoms with Crippen LogP contribution in [0, 0.1) is 6.92 Å². The van der Waals surface area contributed by atoms with E-state index in [1.54, 1.807) is 6.33 Å². The number of aromatic amines is 1. The van der Waals surface area contributed by atoms with E-state index in [1.807, 2.05) is 31.2 Å². The lowest BCUT2D eigenvalue weighted by Crippen LogP contribution is -2.25. The van der Waals surface area contributed by atoms with Crippen molar-refractivity contribution in [3.8, 4) is 0 Å². The summed E-state index contributed by atoms with van der Waals surface area (Å²) in [5, 5.41) is 6.28. The Hall–Kier alpha value is -2.30. The third-order valence-corrected chi connectivity index (χ3v) is 3.43. The molecule has 0 aliphatic heterocycles. The maximum atomic E-state index is 12.0. The molecular formula is C15H18N4O. The summed E-state index contributed by atoms with van der Waals surface area (Å²) >= 11 is 0. The Morgan fingerprint density at radius 3 is 3.00 bits per heavy atom. The zero-order chi connectivity index (χ0) is 13.9. The lowest BCUT2D eigenvalue weighted by molar-refractivity contribution is 0.0951. The summed E-state index contributed by atoms with van der Waals surface area (Å²) < 4.78 is 0. The maximum absolute atomic E-state index is 12.0. The van der Waals surface area contributed by atoms with Crippen molar-refractivity contribution in [2.75, 3.05) is 5.32 Å². The molecule has 0 saturated heterocycles. The van der Waals surface area contributed by atoms with Crippen LogP contribution in [0.25, 0.3) is 0 Å². The Kier molecular flexibility index (Phi) is 3.41. The highest BCUT2D eigenvalue weighted by molar-refractivity contribution is 5.95. The Balaban J connectivity index is 1.64. The second-order valence-corrected chi connectivity index (χ2v) is 5.16. The number of amides is 1. The third-order valence-electron chi connectivity index (χ3n) is 3.43. The first kappa shape index (κ1) is 12.7. The van der Waals surface area contributed by atoms with Crippen molar-refractivity contribution in [3.05, 3.63) is 47.5 Å². The zero-order valence-electron chi connectivity index (χ0n) is 11.4. The van der Waals surface area contributed by atoms with Gasteiger partial charge in [-0.15, -0.1) is 0 Å². The number of anilines is 1. The Labute approximate surface area is 117 Å². The molecule has 104 valence electrons. The molecular weight excluding hydrogens is 252 g/mol. The lowest BCUT2D eigenvalue weighted by atomic mass is 10.2. The number of nitrogens with one attached hydrogen (secondary N) is 3. The Bertz CT molecular complexity index is 616. The standard InChI is InChI=1S/C15H18N4O/c1-10-14(18-9-17-10)8-16-13-4-2-3-11(7-13)15(20)19-12-5-6-12/h2-4,7,9,12,16H,5-6,8H2,1H3,(H,17,18)(H,19,20). The Morgan fingerprint density at radius 1 is 1.45 bits per heavy atom. The van der Waals surface area contributed by atoms with Crippen LogP contribution in [0.3, 0.4) is 0 Å². The molecule has 1 heterocycles. The van der Waals surface area contributed by atoms with Crippen LogP contribution < -0.4 is 10.6 Å². The van der Waals surface area contributed by atoms with Gasteiger partial charge in [-0.1, -0.05) is 6.07 Å². The number of benzene rings is 1. The number of carbonyl (C=O) groups is 1. The first-order valence-electron chi connectivity index (χ1n) is 6.86. The summed E-state index contributed by atoms with van der Waals surface area (Å²) in [4.78, 5) is 19.3. The van der Waals surface area contributed by atoms with Gasteiger partial charge in [0.2, 0.25) is 0 Å². The number of rotatable bonds is 5. The molecule has 1 amide bonds. The molecule has 5 heteroatoms. The van der Waals surface area contributed by atoms with Crippen molar-refractivity contribution >= 4 is 11.6 Å². The number of imidazole rings is 1. The van der Waals surface area contributed by atoms with Crippen LogP contribution in [0.4, 0.5) is 5.69 Å². The molecule has 1 aromatic heterocycles. The van der Waals surface area contributed by atoms with Crippen molar-refractivity contribution in [2.45, 2.75) is 32.4 Å². The summed E-state index contributed by atoms with van der Waals surface area (Å²) in [6.45, 7) is 2.63. The molecule has 20 heavy (non-hydrogen) atoms. The molecule has 1 fully saturated rings. The van der Waals surface area contributed by atoms with Crippen LogP contribution in [-0.4, -0.2) is 21.9 Å². The Morgan fingerprint density at radius 2 is 2.30 bits per heavy atom. The van der Waals surface area contributed by atoms with Gasteiger partial charge >= 0.3 is 0 Å². The summed E-state index contributed by atoms with van der Waals surface area (Å²) in [7, 11) is 0. The fourth-order valence-corrected chi connectivity index (χ4v) is 2.02. The molecule has 5 nitrogen and oxygen atoms in total. The number of hydrogen-bond acceptors (Lipinski definition) is 3. The smallest absolute Gasteiger partial charge is 0.251 e. The highest BCUT2D eigenvalue weighted by atomic mass is 16.1. The molecule has 2 aromatic rings. The molecule has 1 aliphatic carbocycles. The summed E-state index contributed by atoms with van der Waals surface area (Å²) in [5.74, 6) is 0.00657. The van der Waals surface area contributed by atoms with Crippen LogP contribution in [-0.2, 0) is 6.54 Å². The average Bonchev–Trinajstić information content (AvgIpc) is 3.17. The van der Waals surface area contributed by atoms with Crippen LogP contribution >= 0.6 is 0 Å². The van der Waals surface area contributed by atoms with Gasteiger partial charge in [0.15, 0.2) is 0 Å². The second-order valence-electron chi connectivity index (χ2n) is 5.16. The van der Waals surface area contributed by atoms with Gasteiger partial charge in [0, 0.05) is 23.0 Å². The quantitative estimate of drug-likeness (QED) is 0.780. The van der Waals surface area contributed by atoms with E-state index >= 15 is 0 Å². The van der Waals surface area contributed by atoms with Gasteiger partial charge in [-0.05, 0) is 38.0 Å². The van der Waals surface area contributed by atoms with Crippen molar-refractivity contribution in [2.24, 2.45) is 0 Å². The molecule has 0 radical (unpaired) electrons. The molecule has 0 spiro atoms. The molecule has 1 aromatic carbocycles. The van der Waals surface area contributed by atoms with Crippen molar-refractivity contribution in [1.82, 2.24) is 15.3 Å². The minimum Gasteiger partial charge on any atom is -0.379 e. The van der Waals surface area contributed by atoms with Crippen LogP contribution in [0.5, 0.6) is 0 Å². The van der Waals surface area contributed by atoms with E-state index in [0.717, 1.165) is 29.9 Å². The number of nitrogens with zero attached hydrogens (tertiary/aromatic N) is 1. The van der Waals surface area contributed by atoms with E-state index in [1.165, 1.54) is 0 Å². The molecule has 1 saturated carbocycles. The minimum absolute atomic E-state index is 0.00657. The van der Waals surface area contributed by atoms with Gasteiger partial charge in [-0.2, -0.15) is 0 Å². The topological polar surface area (TPSA) is 69.8 Å². The number of aromatic nitrogens is 2. The largest absolute Gasteiger partial charge is 0.379 e. The molecule has 3 N–H and O–H groups in total. The fraction of sp³-hybridized carbons (Fsp3) is 0.333. The van der Waals surface area contributed by atoms with E-state index < -0.39 is 0 Å². The van der Waals surface area contributed by atoms with Gasteiger partial charge in [-0.25, -0.2) is 4.98 Å². The summed E-state index contributed by atoms with van der Waals surface area (Å²) in [6, 6.07) is 7.94. The van der Waals surface area contributed by atoms with Crippen LogP contribution in [0.15, 0.2) is 30.6 Å². The highest BCUT2D eigenvalue weighted by Gasteiger charge is 2.23. The monoisotopic (exact) mass is 270 g/mol. The maximum Gasteiger partial charge on any atom is 0.251 e. The van der Waals surface area contributed by atoms with Crippen molar-refractivity contribution in [3.63, 3.8) is 0 Å². The minimum atomic E-state index is 0.00657. The van der Waals surface area contributed by atoms with E-state index in [-0.39, 0.29) is 5.91 Å². The normalized spacial score (nSPS) is 14.1. The first-order valence-corrected chi connectivity index (χ1v) is 6.86. The number of carbonyl (C=O) groups excluding carboxylic acids is 1. The van der Waals surface area contributed by atoms with Gasteiger partial charge in [0.25, 0.3) is 5.91 Å².